The first kappa shape index (κ1) is 8.78. The lowest BCUT2D eigenvalue weighted by Gasteiger charge is -1.95. The molecule has 0 atom stereocenters. The maximum absolute atomic E-state index is 3.91. The number of hydrogen-bond acceptors (Lipinski definition) is 1. The van der Waals surface area contributed by atoms with Crippen LogP contribution in [0.25, 0.3) is 5.57 Å². The SMILES string of the molecule is CC=CC(=CCC)c1cn[nH]c1. The first-order valence-electron chi connectivity index (χ1n) is 4.20. The maximum Gasteiger partial charge on any atom is 0.0565 e. The van der Waals surface area contributed by atoms with Crippen LogP contribution in [0.2, 0.25) is 0 Å². The molecule has 1 N–H and O–H groups in total. The van der Waals surface area contributed by atoms with E-state index in [1.165, 1.54) is 5.57 Å². The minimum atomic E-state index is 1.05. The van der Waals surface area contributed by atoms with Crippen LogP contribution in [0.1, 0.15) is 25.8 Å². The molecule has 2 nitrogen and oxygen atoms in total. The van der Waals surface area contributed by atoms with Gasteiger partial charge in [0.25, 0.3) is 0 Å². The molecule has 0 fully saturated rings. The predicted octanol–water partition coefficient (Wildman–Crippen LogP) is 2.78. The summed E-state index contributed by atoms with van der Waals surface area (Å²) in [7, 11) is 0. The molecule has 0 aliphatic rings. The largest absolute Gasteiger partial charge is 0.285 e. The molecule has 0 saturated heterocycles. The number of allylic oxidation sites excluding steroid dienone is 4. The zero-order valence-electron chi connectivity index (χ0n) is 7.54. The Labute approximate surface area is 73.0 Å². The van der Waals surface area contributed by atoms with Crippen molar-refractivity contribution in [1.29, 1.82) is 0 Å². The highest BCUT2D eigenvalue weighted by molar-refractivity contribution is 5.72. The molecule has 12 heavy (non-hydrogen) atoms. The topological polar surface area (TPSA) is 28.7 Å². The molecule has 2 heteroatoms. The van der Waals surface area contributed by atoms with Crippen molar-refractivity contribution in [3.05, 3.63) is 36.2 Å². The normalized spacial score (nSPS) is 12.7. The fraction of sp³-hybridized carbons (Fsp3) is 0.300. The van der Waals surface area contributed by atoms with Crippen molar-refractivity contribution in [2.75, 3.05) is 0 Å². The summed E-state index contributed by atoms with van der Waals surface area (Å²) in [6.45, 7) is 4.15. The third kappa shape index (κ3) is 2.09. The Kier molecular flexibility index (Phi) is 3.33. The molecule has 0 saturated carbocycles. The van der Waals surface area contributed by atoms with Crippen LogP contribution in [0.4, 0.5) is 0 Å². The molecule has 0 amide bonds. The second kappa shape index (κ2) is 4.54. The molecular weight excluding hydrogens is 148 g/mol. The van der Waals surface area contributed by atoms with Gasteiger partial charge in [-0.3, -0.25) is 5.10 Å². The summed E-state index contributed by atoms with van der Waals surface area (Å²) in [5.74, 6) is 0. The van der Waals surface area contributed by atoms with Gasteiger partial charge in [0.1, 0.15) is 0 Å². The fourth-order valence-electron chi connectivity index (χ4n) is 1.09. The van der Waals surface area contributed by atoms with Crippen molar-refractivity contribution in [2.24, 2.45) is 0 Å². The molecule has 0 aliphatic carbocycles. The molecule has 0 bridgehead atoms. The number of nitrogens with zero attached hydrogens (tertiary/aromatic N) is 1. The van der Waals surface area contributed by atoms with E-state index in [9.17, 15) is 0 Å². The first-order chi connectivity index (χ1) is 5.88. The van der Waals surface area contributed by atoms with E-state index in [1.807, 2.05) is 25.4 Å². The summed E-state index contributed by atoms with van der Waals surface area (Å²) in [5, 5.41) is 6.71. The van der Waals surface area contributed by atoms with Crippen LogP contribution >= 0.6 is 0 Å². The van der Waals surface area contributed by atoms with Crippen LogP contribution in [0, 0.1) is 0 Å². The van der Waals surface area contributed by atoms with Crippen LogP contribution in [-0.4, -0.2) is 10.2 Å². The number of hydrogen-bond donors (Lipinski definition) is 1. The van der Waals surface area contributed by atoms with E-state index in [0.717, 1.165) is 12.0 Å². The monoisotopic (exact) mass is 162 g/mol. The standard InChI is InChI=1S/C10H14N2/c1-3-5-9(6-4-2)10-7-11-12-8-10/h3,5-8H,4H2,1-2H3,(H,11,12). The Bertz CT molecular complexity index is 268. The van der Waals surface area contributed by atoms with Gasteiger partial charge in [-0.05, 0) is 18.9 Å². The molecule has 0 unspecified atom stereocenters. The number of nitrogens with one attached hydrogen (secondary N) is 1. The van der Waals surface area contributed by atoms with Gasteiger partial charge in [-0.15, -0.1) is 0 Å². The van der Waals surface area contributed by atoms with Gasteiger partial charge in [0.15, 0.2) is 0 Å². The quantitative estimate of drug-likeness (QED) is 0.680. The van der Waals surface area contributed by atoms with E-state index >= 15 is 0 Å². The highest BCUT2D eigenvalue weighted by Gasteiger charge is 1.96. The number of aromatic amines is 1. The molecule has 64 valence electrons. The fourth-order valence-corrected chi connectivity index (χ4v) is 1.09. The Hall–Kier alpha value is -1.31. The average molecular weight is 162 g/mol. The highest BCUT2D eigenvalue weighted by atomic mass is 15.1. The van der Waals surface area contributed by atoms with Gasteiger partial charge in [-0.2, -0.15) is 5.10 Å². The first-order valence-corrected chi connectivity index (χ1v) is 4.20. The van der Waals surface area contributed by atoms with Gasteiger partial charge in [-0.25, -0.2) is 0 Å². The summed E-state index contributed by atoms with van der Waals surface area (Å²) in [6, 6.07) is 0. The Morgan fingerprint density at radius 2 is 2.50 bits per heavy atom. The van der Waals surface area contributed by atoms with E-state index in [4.69, 9.17) is 0 Å². The third-order valence-electron chi connectivity index (χ3n) is 1.60. The van der Waals surface area contributed by atoms with E-state index in [-0.39, 0.29) is 0 Å². The molecule has 1 aromatic rings. The van der Waals surface area contributed by atoms with Crippen LogP contribution in [0.3, 0.4) is 0 Å². The minimum absolute atomic E-state index is 1.05. The van der Waals surface area contributed by atoms with Gasteiger partial charge < -0.3 is 0 Å². The summed E-state index contributed by atoms with van der Waals surface area (Å²) >= 11 is 0. The van der Waals surface area contributed by atoms with Crippen molar-refractivity contribution in [1.82, 2.24) is 10.2 Å². The van der Waals surface area contributed by atoms with Gasteiger partial charge in [0, 0.05) is 11.8 Å². The lowest BCUT2D eigenvalue weighted by atomic mass is 10.1. The van der Waals surface area contributed by atoms with E-state index in [0.29, 0.717) is 0 Å². The average Bonchev–Trinajstić information content (AvgIpc) is 2.56. The van der Waals surface area contributed by atoms with E-state index in [2.05, 4.69) is 29.3 Å². The lowest BCUT2D eigenvalue weighted by molar-refractivity contribution is 1.09. The smallest absolute Gasteiger partial charge is 0.0565 e. The number of aromatic nitrogens is 2. The zero-order chi connectivity index (χ0) is 8.81. The molecule has 0 radical (unpaired) electrons. The van der Waals surface area contributed by atoms with Crippen molar-refractivity contribution in [3.63, 3.8) is 0 Å². The van der Waals surface area contributed by atoms with Crippen LogP contribution in [0.15, 0.2) is 30.6 Å². The van der Waals surface area contributed by atoms with Crippen LogP contribution in [0.5, 0.6) is 0 Å². The molecule has 0 spiro atoms. The third-order valence-corrected chi connectivity index (χ3v) is 1.60. The lowest BCUT2D eigenvalue weighted by Crippen LogP contribution is -1.75. The van der Waals surface area contributed by atoms with E-state index < -0.39 is 0 Å². The number of rotatable bonds is 3. The Morgan fingerprint density at radius 3 is 3.00 bits per heavy atom. The zero-order valence-corrected chi connectivity index (χ0v) is 7.54. The van der Waals surface area contributed by atoms with Crippen molar-refractivity contribution in [2.45, 2.75) is 20.3 Å². The van der Waals surface area contributed by atoms with Gasteiger partial charge in [-0.1, -0.05) is 25.2 Å². The predicted molar refractivity (Wildman–Crippen MR) is 51.7 cm³/mol. The molecule has 1 heterocycles. The molecule has 1 rings (SSSR count). The maximum atomic E-state index is 3.91. The molecule has 1 aromatic heterocycles. The van der Waals surface area contributed by atoms with E-state index in [1.54, 1.807) is 0 Å². The molecule has 0 aromatic carbocycles. The van der Waals surface area contributed by atoms with Crippen LogP contribution < -0.4 is 0 Å². The van der Waals surface area contributed by atoms with Crippen LogP contribution in [-0.2, 0) is 0 Å². The van der Waals surface area contributed by atoms with Crippen molar-refractivity contribution < 1.29 is 0 Å². The highest BCUT2D eigenvalue weighted by Crippen LogP contribution is 2.14. The molecule has 0 aliphatic heterocycles. The Morgan fingerprint density at radius 1 is 1.67 bits per heavy atom. The van der Waals surface area contributed by atoms with Gasteiger partial charge in [0.2, 0.25) is 0 Å². The van der Waals surface area contributed by atoms with Gasteiger partial charge in [0.05, 0.1) is 6.20 Å². The van der Waals surface area contributed by atoms with Crippen molar-refractivity contribution >= 4 is 5.57 Å². The second-order valence-electron chi connectivity index (χ2n) is 2.55. The molecular formula is C10H14N2. The Balaban J connectivity index is 2.88. The second-order valence-corrected chi connectivity index (χ2v) is 2.55. The van der Waals surface area contributed by atoms with Crippen molar-refractivity contribution in [3.8, 4) is 0 Å². The van der Waals surface area contributed by atoms with Gasteiger partial charge >= 0.3 is 0 Å². The number of H-pyrrole nitrogens is 1. The minimum Gasteiger partial charge on any atom is -0.285 e. The summed E-state index contributed by atoms with van der Waals surface area (Å²) in [6.07, 6.45) is 11.1. The summed E-state index contributed by atoms with van der Waals surface area (Å²) in [5.41, 5.74) is 2.38. The summed E-state index contributed by atoms with van der Waals surface area (Å²) in [4.78, 5) is 0. The summed E-state index contributed by atoms with van der Waals surface area (Å²) < 4.78 is 0.